The Morgan fingerprint density at radius 3 is 2.80 bits per heavy atom. The molecule has 1 fully saturated rings. The van der Waals surface area contributed by atoms with Gasteiger partial charge in [-0.3, -0.25) is 9.69 Å². The van der Waals surface area contributed by atoms with Gasteiger partial charge in [-0.1, -0.05) is 29.8 Å². The van der Waals surface area contributed by atoms with Crippen LogP contribution in [0.5, 0.6) is 0 Å². The highest BCUT2D eigenvalue weighted by Crippen LogP contribution is 2.26. The summed E-state index contributed by atoms with van der Waals surface area (Å²) in [5.74, 6) is -0.147. The number of nitrogens with one attached hydrogen (secondary N) is 1. The summed E-state index contributed by atoms with van der Waals surface area (Å²) in [4.78, 5) is 21.0. The fraction of sp³-hybridized carbons (Fsp3) is 0.333. The predicted molar refractivity (Wildman–Crippen MR) is 104 cm³/mol. The highest BCUT2D eigenvalue weighted by Gasteiger charge is 2.20. The molecule has 132 valence electrons. The Kier molecular flexibility index (Phi) is 6.07. The number of nitrogens with zero attached hydrogens (tertiary/aromatic N) is 3. The number of thiazole rings is 1. The molecule has 2 aromatic rings. The van der Waals surface area contributed by atoms with Crippen LogP contribution in [0.1, 0.15) is 15.5 Å². The first-order chi connectivity index (χ1) is 12.2. The molecule has 1 amide bonds. The summed E-state index contributed by atoms with van der Waals surface area (Å²) in [5.41, 5.74) is 1.58. The second-order valence-electron chi connectivity index (χ2n) is 5.84. The zero-order valence-electron chi connectivity index (χ0n) is 13.9. The van der Waals surface area contributed by atoms with Gasteiger partial charge in [-0.2, -0.15) is 0 Å². The monoisotopic (exact) mass is 376 g/mol. The van der Waals surface area contributed by atoms with Crippen LogP contribution in [-0.4, -0.2) is 48.5 Å². The molecule has 1 saturated heterocycles. The van der Waals surface area contributed by atoms with Crippen LogP contribution in [0.25, 0.3) is 0 Å². The molecular formula is C18H21ClN4OS. The molecule has 2 heterocycles. The van der Waals surface area contributed by atoms with Crippen molar-refractivity contribution in [2.45, 2.75) is 6.54 Å². The average Bonchev–Trinajstić information content (AvgIpc) is 3.09. The normalized spacial score (nSPS) is 15.2. The molecule has 0 atom stereocenters. The van der Waals surface area contributed by atoms with Crippen LogP contribution in [0.3, 0.4) is 0 Å². The second-order valence-corrected chi connectivity index (χ2v) is 7.19. The summed E-state index contributed by atoms with van der Waals surface area (Å²) in [6, 6.07) is 7.96. The molecule has 0 unspecified atom stereocenters. The van der Waals surface area contributed by atoms with E-state index >= 15 is 0 Å². The van der Waals surface area contributed by atoms with Crippen molar-refractivity contribution in [3.8, 4) is 0 Å². The van der Waals surface area contributed by atoms with E-state index in [0.29, 0.717) is 12.2 Å². The number of anilines is 1. The van der Waals surface area contributed by atoms with E-state index in [4.69, 9.17) is 11.6 Å². The van der Waals surface area contributed by atoms with Gasteiger partial charge in [0.2, 0.25) is 0 Å². The van der Waals surface area contributed by atoms with E-state index in [0.717, 1.165) is 48.4 Å². The molecule has 5 nitrogen and oxygen atoms in total. The van der Waals surface area contributed by atoms with E-state index in [-0.39, 0.29) is 5.91 Å². The fourth-order valence-electron chi connectivity index (χ4n) is 2.79. The molecule has 1 aliphatic heterocycles. The van der Waals surface area contributed by atoms with Crippen LogP contribution in [0.4, 0.5) is 5.69 Å². The first-order valence-electron chi connectivity index (χ1n) is 8.22. The summed E-state index contributed by atoms with van der Waals surface area (Å²) in [7, 11) is 0. The molecule has 0 radical (unpaired) electrons. The number of aromatic nitrogens is 1. The van der Waals surface area contributed by atoms with Crippen molar-refractivity contribution in [2.24, 2.45) is 0 Å². The number of para-hydroxylation sites is 1. The molecule has 3 rings (SSSR count). The van der Waals surface area contributed by atoms with Gasteiger partial charge < -0.3 is 10.2 Å². The standard InChI is InChI=1S/C18H21ClN4OS/c1-2-7-20-18(24)15-13-25-17(21-15)12-22-8-10-23(11-9-22)16-6-4-3-5-14(16)19/h2-6,13H,1,7-12H2,(H,20,24). The Morgan fingerprint density at radius 2 is 2.08 bits per heavy atom. The minimum Gasteiger partial charge on any atom is -0.368 e. The van der Waals surface area contributed by atoms with Gasteiger partial charge in [0.15, 0.2) is 0 Å². The third kappa shape index (κ3) is 4.60. The lowest BCUT2D eigenvalue weighted by Gasteiger charge is -2.36. The van der Waals surface area contributed by atoms with Gasteiger partial charge in [0.25, 0.3) is 5.91 Å². The minimum atomic E-state index is -0.147. The van der Waals surface area contributed by atoms with E-state index in [1.165, 1.54) is 11.3 Å². The van der Waals surface area contributed by atoms with Crippen LogP contribution in [0, 0.1) is 0 Å². The van der Waals surface area contributed by atoms with Crippen LogP contribution in [-0.2, 0) is 6.54 Å². The molecule has 1 N–H and O–H groups in total. The lowest BCUT2D eigenvalue weighted by molar-refractivity contribution is 0.0953. The van der Waals surface area contributed by atoms with Gasteiger partial charge in [-0.05, 0) is 12.1 Å². The van der Waals surface area contributed by atoms with Gasteiger partial charge in [0.1, 0.15) is 10.7 Å². The van der Waals surface area contributed by atoms with Crippen LogP contribution in [0.15, 0.2) is 42.3 Å². The maximum absolute atomic E-state index is 11.9. The third-order valence-corrected chi connectivity index (χ3v) is 5.27. The Balaban J connectivity index is 1.53. The van der Waals surface area contributed by atoms with Crippen molar-refractivity contribution in [2.75, 3.05) is 37.6 Å². The summed E-state index contributed by atoms with van der Waals surface area (Å²) in [6.45, 7) is 8.58. The summed E-state index contributed by atoms with van der Waals surface area (Å²) in [5, 5.41) is 6.33. The van der Waals surface area contributed by atoms with E-state index in [9.17, 15) is 4.79 Å². The van der Waals surface area contributed by atoms with Gasteiger partial charge in [-0.15, -0.1) is 17.9 Å². The Morgan fingerprint density at radius 1 is 1.32 bits per heavy atom. The van der Waals surface area contributed by atoms with Crippen molar-refractivity contribution in [1.82, 2.24) is 15.2 Å². The van der Waals surface area contributed by atoms with E-state index in [1.807, 2.05) is 23.6 Å². The lowest BCUT2D eigenvalue weighted by Crippen LogP contribution is -2.46. The van der Waals surface area contributed by atoms with E-state index < -0.39 is 0 Å². The molecule has 1 aliphatic rings. The van der Waals surface area contributed by atoms with Gasteiger partial charge in [0.05, 0.1) is 17.3 Å². The number of rotatable bonds is 6. The first-order valence-corrected chi connectivity index (χ1v) is 9.48. The zero-order valence-corrected chi connectivity index (χ0v) is 15.5. The molecule has 0 bridgehead atoms. The molecule has 0 aliphatic carbocycles. The van der Waals surface area contributed by atoms with Crippen molar-refractivity contribution in [1.29, 1.82) is 0 Å². The molecule has 1 aromatic heterocycles. The van der Waals surface area contributed by atoms with Gasteiger partial charge in [-0.25, -0.2) is 4.98 Å². The van der Waals surface area contributed by atoms with E-state index in [1.54, 1.807) is 6.08 Å². The smallest absolute Gasteiger partial charge is 0.271 e. The topological polar surface area (TPSA) is 48.5 Å². The predicted octanol–water partition coefficient (Wildman–Crippen LogP) is 3.03. The van der Waals surface area contributed by atoms with Crippen LogP contribution < -0.4 is 10.2 Å². The summed E-state index contributed by atoms with van der Waals surface area (Å²) < 4.78 is 0. The largest absolute Gasteiger partial charge is 0.368 e. The number of amides is 1. The van der Waals surface area contributed by atoms with Crippen LogP contribution in [0.2, 0.25) is 5.02 Å². The molecular weight excluding hydrogens is 356 g/mol. The second kappa shape index (κ2) is 8.47. The number of carbonyl (C=O) groups excluding carboxylic acids is 1. The van der Waals surface area contributed by atoms with Crippen LogP contribution >= 0.6 is 22.9 Å². The minimum absolute atomic E-state index is 0.147. The summed E-state index contributed by atoms with van der Waals surface area (Å²) >= 11 is 7.82. The number of hydrogen-bond donors (Lipinski definition) is 1. The fourth-order valence-corrected chi connectivity index (χ4v) is 3.86. The van der Waals surface area contributed by atoms with Gasteiger partial charge in [0, 0.05) is 38.1 Å². The van der Waals surface area contributed by atoms with Crippen molar-refractivity contribution in [3.63, 3.8) is 0 Å². The Hall–Kier alpha value is -1.89. The maximum Gasteiger partial charge on any atom is 0.271 e. The lowest BCUT2D eigenvalue weighted by atomic mass is 10.2. The molecule has 0 spiro atoms. The third-order valence-electron chi connectivity index (χ3n) is 4.12. The van der Waals surface area contributed by atoms with Crippen molar-refractivity contribution in [3.05, 3.63) is 58.0 Å². The first kappa shape index (κ1) is 17.9. The van der Waals surface area contributed by atoms with Crippen molar-refractivity contribution >= 4 is 34.5 Å². The highest BCUT2D eigenvalue weighted by atomic mass is 35.5. The van der Waals surface area contributed by atoms with Crippen molar-refractivity contribution < 1.29 is 4.79 Å². The number of benzene rings is 1. The number of halogens is 1. The zero-order chi connectivity index (χ0) is 17.6. The number of hydrogen-bond acceptors (Lipinski definition) is 5. The Labute approximate surface area is 156 Å². The number of piperazine rings is 1. The molecule has 25 heavy (non-hydrogen) atoms. The quantitative estimate of drug-likeness (QED) is 0.787. The SMILES string of the molecule is C=CCNC(=O)c1csc(CN2CCN(c3ccccc3Cl)CC2)n1. The van der Waals surface area contributed by atoms with E-state index in [2.05, 4.69) is 32.7 Å². The number of carbonyl (C=O) groups is 1. The van der Waals surface area contributed by atoms with Gasteiger partial charge >= 0.3 is 0 Å². The summed E-state index contributed by atoms with van der Waals surface area (Å²) in [6.07, 6.45) is 1.66. The highest BCUT2D eigenvalue weighted by molar-refractivity contribution is 7.09. The molecule has 0 saturated carbocycles. The average molecular weight is 377 g/mol. The Bertz CT molecular complexity index is 740. The maximum atomic E-state index is 11.9. The molecule has 7 heteroatoms. The molecule has 1 aromatic carbocycles.